The molecule has 1 aliphatic heterocycles. The topological polar surface area (TPSA) is 30.5 Å². The minimum atomic E-state index is 0.621. The van der Waals surface area contributed by atoms with Crippen molar-refractivity contribution in [2.75, 3.05) is 20.3 Å². The molecule has 0 spiro atoms. The highest BCUT2D eigenvalue weighted by atomic mass is 16.6. The van der Waals surface area contributed by atoms with E-state index in [4.69, 9.17) is 9.47 Å². The molecule has 19 heavy (non-hydrogen) atoms. The minimum absolute atomic E-state index is 0.621. The van der Waals surface area contributed by atoms with Crippen molar-refractivity contribution in [3.05, 3.63) is 48.0 Å². The van der Waals surface area contributed by atoms with Crippen LogP contribution < -0.4 is 14.8 Å². The average molecular weight is 255 g/mol. The molecule has 3 rings (SSSR count). The van der Waals surface area contributed by atoms with Gasteiger partial charge in [-0.05, 0) is 41.9 Å². The predicted molar refractivity (Wildman–Crippen MR) is 75.6 cm³/mol. The van der Waals surface area contributed by atoms with Gasteiger partial charge in [0.05, 0.1) is 0 Å². The van der Waals surface area contributed by atoms with Crippen molar-refractivity contribution >= 4 is 0 Å². The molecule has 1 heterocycles. The quantitative estimate of drug-likeness (QED) is 0.914. The van der Waals surface area contributed by atoms with Gasteiger partial charge in [0.15, 0.2) is 11.5 Å². The number of nitrogens with one attached hydrogen (secondary N) is 1. The number of hydrogen-bond acceptors (Lipinski definition) is 3. The predicted octanol–water partition coefficient (Wildman–Crippen LogP) is 2.84. The summed E-state index contributed by atoms with van der Waals surface area (Å²) in [4.78, 5) is 0. The van der Waals surface area contributed by atoms with Gasteiger partial charge in [-0.1, -0.05) is 24.3 Å². The zero-order valence-electron chi connectivity index (χ0n) is 11.0. The lowest BCUT2D eigenvalue weighted by molar-refractivity contribution is 0.171. The Morgan fingerprint density at radius 2 is 1.74 bits per heavy atom. The van der Waals surface area contributed by atoms with Crippen LogP contribution in [0.2, 0.25) is 0 Å². The molecule has 0 amide bonds. The molecule has 2 aromatic rings. The molecule has 0 saturated heterocycles. The number of rotatable bonds is 3. The summed E-state index contributed by atoms with van der Waals surface area (Å²) in [5, 5.41) is 3.17. The first-order valence-electron chi connectivity index (χ1n) is 6.50. The maximum atomic E-state index is 5.63. The summed E-state index contributed by atoms with van der Waals surface area (Å²) < 4.78 is 11.2. The van der Waals surface area contributed by atoms with Crippen molar-refractivity contribution in [1.82, 2.24) is 5.32 Å². The van der Waals surface area contributed by atoms with Crippen LogP contribution in [0.25, 0.3) is 11.1 Å². The van der Waals surface area contributed by atoms with Crippen molar-refractivity contribution < 1.29 is 9.47 Å². The zero-order chi connectivity index (χ0) is 13.1. The summed E-state index contributed by atoms with van der Waals surface area (Å²) in [5.41, 5.74) is 3.63. The SMILES string of the molecule is CNCc1cccc(-c2ccc3c(c2)OCCO3)c1. The summed E-state index contributed by atoms with van der Waals surface area (Å²) in [5.74, 6) is 1.67. The largest absolute Gasteiger partial charge is 0.486 e. The van der Waals surface area contributed by atoms with Crippen molar-refractivity contribution in [2.45, 2.75) is 6.54 Å². The third-order valence-corrected chi connectivity index (χ3v) is 3.18. The molecule has 1 aliphatic rings. The highest BCUT2D eigenvalue weighted by Crippen LogP contribution is 2.34. The van der Waals surface area contributed by atoms with Crippen LogP contribution in [0.1, 0.15) is 5.56 Å². The molecule has 1 N–H and O–H groups in total. The fourth-order valence-electron chi connectivity index (χ4n) is 2.29. The van der Waals surface area contributed by atoms with E-state index >= 15 is 0 Å². The molecule has 98 valence electrons. The van der Waals surface area contributed by atoms with Crippen LogP contribution in [-0.4, -0.2) is 20.3 Å². The van der Waals surface area contributed by atoms with Crippen molar-refractivity contribution in [1.29, 1.82) is 0 Å². The fraction of sp³-hybridized carbons (Fsp3) is 0.250. The van der Waals surface area contributed by atoms with E-state index in [0.717, 1.165) is 23.6 Å². The molecular weight excluding hydrogens is 238 g/mol. The van der Waals surface area contributed by atoms with E-state index in [1.807, 2.05) is 19.2 Å². The van der Waals surface area contributed by atoms with Gasteiger partial charge in [0, 0.05) is 6.54 Å². The Morgan fingerprint density at radius 3 is 2.58 bits per heavy atom. The number of benzene rings is 2. The third kappa shape index (κ3) is 2.56. The second-order valence-corrected chi connectivity index (χ2v) is 4.59. The molecule has 0 unspecified atom stereocenters. The molecular formula is C16H17NO2. The number of fused-ring (bicyclic) bond motifs is 1. The van der Waals surface area contributed by atoms with Gasteiger partial charge < -0.3 is 14.8 Å². The van der Waals surface area contributed by atoms with Gasteiger partial charge in [0.1, 0.15) is 13.2 Å². The lowest BCUT2D eigenvalue weighted by Crippen LogP contribution is -2.15. The molecule has 0 radical (unpaired) electrons. The Kier molecular flexibility index (Phi) is 3.38. The van der Waals surface area contributed by atoms with Gasteiger partial charge in [-0.15, -0.1) is 0 Å². The molecule has 0 aliphatic carbocycles. The first kappa shape index (κ1) is 12.1. The number of ether oxygens (including phenoxy) is 2. The van der Waals surface area contributed by atoms with Crippen LogP contribution >= 0.6 is 0 Å². The second-order valence-electron chi connectivity index (χ2n) is 4.59. The maximum Gasteiger partial charge on any atom is 0.161 e. The van der Waals surface area contributed by atoms with Gasteiger partial charge >= 0.3 is 0 Å². The lowest BCUT2D eigenvalue weighted by atomic mass is 10.0. The third-order valence-electron chi connectivity index (χ3n) is 3.18. The number of hydrogen-bond donors (Lipinski definition) is 1. The smallest absolute Gasteiger partial charge is 0.161 e. The van der Waals surface area contributed by atoms with Crippen LogP contribution in [0.15, 0.2) is 42.5 Å². The van der Waals surface area contributed by atoms with E-state index in [2.05, 4.69) is 35.6 Å². The second kappa shape index (κ2) is 5.33. The average Bonchev–Trinajstić information content (AvgIpc) is 2.47. The van der Waals surface area contributed by atoms with Crippen LogP contribution in [-0.2, 0) is 6.54 Å². The minimum Gasteiger partial charge on any atom is -0.486 e. The standard InChI is InChI=1S/C16H17NO2/c1-17-11-12-3-2-4-13(9-12)14-5-6-15-16(10-14)19-8-7-18-15/h2-6,9-10,17H,7-8,11H2,1H3. The van der Waals surface area contributed by atoms with E-state index in [1.54, 1.807) is 0 Å². The first-order valence-corrected chi connectivity index (χ1v) is 6.50. The van der Waals surface area contributed by atoms with Crippen LogP contribution in [0.5, 0.6) is 11.5 Å². The first-order chi connectivity index (χ1) is 9.36. The summed E-state index contributed by atoms with van der Waals surface area (Å²) in [6.07, 6.45) is 0. The van der Waals surface area contributed by atoms with Crippen LogP contribution in [0.3, 0.4) is 0 Å². The van der Waals surface area contributed by atoms with Gasteiger partial charge in [-0.2, -0.15) is 0 Å². The lowest BCUT2D eigenvalue weighted by Gasteiger charge is -2.19. The molecule has 0 saturated carbocycles. The van der Waals surface area contributed by atoms with E-state index in [9.17, 15) is 0 Å². The van der Waals surface area contributed by atoms with Crippen molar-refractivity contribution in [3.8, 4) is 22.6 Å². The van der Waals surface area contributed by atoms with Crippen LogP contribution in [0.4, 0.5) is 0 Å². The molecule has 0 aromatic heterocycles. The van der Waals surface area contributed by atoms with Gasteiger partial charge in [0.2, 0.25) is 0 Å². The van der Waals surface area contributed by atoms with Crippen LogP contribution in [0, 0.1) is 0 Å². The Balaban J connectivity index is 1.95. The molecule has 3 nitrogen and oxygen atoms in total. The summed E-state index contributed by atoms with van der Waals surface area (Å²) >= 11 is 0. The summed E-state index contributed by atoms with van der Waals surface area (Å²) in [6, 6.07) is 14.6. The van der Waals surface area contributed by atoms with E-state index in [1.165, 1.54) is 11.1 Å². The molecule has 0 atom stereocenters. The zero-order valence-corrected chi connectivity index (χ0v) is 11.0. The normalized spacial score (nSPS) is 13.3. The summed E-state index contributed by atoms with van der Waals surface area (Å²) in [6.45, 7) is 2.12. The highest BCUT2D eigenvalue weighted by molar-refractivity contribution is 5.68. The molecule has 0 bridgehead atoms. The van der Waals surface area contributed by atoms with E-state index in [-0.39, 0.29) is 0 Å². The fourth-order valence-corrected chi connectivity index (χ4v) is 2.29. The van der Waals surface area contributed by atoms with Gasteiger partial charge in [-0.25, -0.2) is 0 Å². The van der Waals surface area contributed by atoms with E-state index < -0.39 is 0 Å². The maximum absolute atomic E-state index is 5.63. The van der Waals surface area contributed by atoms with Gasteiger partial charge in [0.25, 0.3) is 0 Å². The van der Waals surface area contributed by atoms with Gasteiger partial charge in [-0.3, -0.25) is 0 Å². The Labute approximate surface area is 113 Å². The Bertz CT molecular complexity index is 581. The molecule has 2 aromatic carbocycles. The van der Waals surface area contributed by atoms with Crippen molar-refractivity contribution in [3.63, 3.8) is 0 Å². The molecule has 3 heteroatoms. The Hall–Kier alpha value is -2.00. The Morgan fingerprint density at radius 1 is 0.947 bits per heavy atom. The highest BCUT2D eigenvalue weighted by Gasteiger charge is 2.12. The monoisotopic (exact) mass is 255 g/mol. The van der Waals surface area contributed by atoms with E-state index in [0.29, 0.717) is 13.2 Å². The summed E-state index contributed by atoms with van der Waals surface area (Å²) in [7, 11) is 1.96. The molecule has 0 fully saturated rings. The van der Waals surface area contributed by atoms with Crippen molar-refractivity contribution in [2.24, 2.45) is 0 Å².